The number of carbonyl (C=O) groups excluding carboxylic acids is 1. The van der Waals surface area contributed by atoms with Crippen molar-refractivity contribution in [3.05, 3.63) is 29.8 Å². The van der Waals surface area contributed by atoms with Crippen LogP contribution in [0, 0.1) is 0 Å². The van der Waals surface area contributed by atoms with Crippen LogP contribution in [0.3, 0.4) is 0 Å². The van der Waals surface area contributed by atoms with Gasteiger partial charge in [-0.2, -0.15) is 0 Å². The Kier molecular flexibility index (Phi) is 5.00. The zero-order chi connectivity index (χ0) is 15.5. The van der Waals surface area contributed by atoms with Crippen molar-refractivity contribution in [3.8, 4) is 0 Å². The van der Waals surface area contributed by atoms with E-state index in [0.29, 0.717) is 5.56 Å². The maximum absolute atomic E-state index is 12.2. The standard InChI is InChI=1S/C15H22N2O3S/c1-3-12(4-2)16-15(18)11-6-5-7-14(10-11)21(19,20)17-13-8-9-13/h5-7,10,12-13,17H,3-4,8-9H2,1-2H3,(H,16,18). The number of benzene rings is 1. The van der Waals surface area contributed by atoms with E-state index in [-0.39, 0.29) is 22.9 Å². The number of rotatable bonds is 7. The van der Waals surface area contributed by atoms with Crippen LogP contribution in [0.2, 0.25) is 0 Å². The minimum Gasteiger partial charge on any atom is -0.349 e. The van der Waals surface area contributed by atoms with Crippen LogP contribution in [-0.4, -0.2) is 26.4 Å². The molecule has 1 aliphatic carbocycles. The van der Waals surface area contributed by atoms with E-state index in [2.05, 4.69) is 10.0 Å². The molecule has 0 heterocycles. The molecule has 0 unspecified atom stereocenters. The van der Waals surface area contributed by atoms with Gasteiger partial charge >= 0.3 is 0 Å². The third-order valence-electron chi connectivity index (χ3n) is 3.63. The van der Waals surface area contributed by atoms with Crippen molar-refractivity contribution < 1.29 is 13.2 Å². The first kappa shape index (κ1) is 16.0. The number of amides is 1. The van der Waals surface area contributed by atoms with Crippen LogP contribution in [0.25, 0.3) is 0 Å². The van der Waals surface area contributed by atoms with E-state index in [1.165, 1.54) is 12.1 Å². The topological polar surface area (TPSA) is 75.3 Å². The molecular weight excluding hydrogens is 288 g/mol. The zero-order valence-corrected chi connectivity index (χ0v) is 13.2. The maximum Gasteiger partial charge on any atom is 0.251 e. The fourth-order valence-electron chi connectivity index (χ4n) is 2.05. The summed E-state index contributed by atoms with van der Waals surface area (Å²) in [7, 11) is -3.52. The molecular formula is C15H22N2O3S. The summed E-state index contributed by atoms with van der Waals surface area (Å²) in [6.45, 7) is 4.02. The number of sulfonamides is 1. The number of nitrogens with one attached hydrogen (secondary N) is 2. The van der Waals surface area contributed by atoms with Crippen LogP contribution in [0.4, 0.5) is 0 Å². The third-order valence-corrected chi connectivity index (χ3v) is 5.14. The van der Waals surface area contributed by atoms with Crippen LogP contribution in [0.15, 0.2) is 29.2 Å². The molecule has 1 fully saturated rings. The normalized spacial score (nSPS) is 15.2. The smallest absolute Gasteiger partial charge is 0.251 e. The van der Waals surface area contributed by atoms with Crippen LogP contribution >= 0.6 is 0 Å². The van der Waals surface area contributed by atoms with Crippen LogP contribution in [-0.2, 0) is 10.0 Å². The molecule has 0 saturated heterocycles. The largest absolute Gasteiger partial charge is 0.349 e. The predicted octanol–water partition coefficient (Wildman–Crippen LogP) is 2.05. The van der Waals surface area contributed by atoms with Gasteiger partial charge < -0.3 is 5.32 Å². The first-order valence-corrected chi connectivity index (χ1v) is 8.87. The summed E-state index contributed by atoms with van der Waals surface area (Å²) in [5, 5.41) is 2.91. The van der Waals surface area contributed by atoms with E-state index in [0.717, 1.165) is 25.7 Å². The van der Waals surface area contributed by atoms with Gasteiger partial charge in [0, 0.05) is 17.6 Å². The molecule has 1 aromatic rings. The van der Waals surface area contributed by atoms with Gasteiger partial charge in [-0.15, -0.1) is 0 Å². The molecule has 6 heteroatoms. The Morgan fingerprint density at radius 1 is 1.29 bits per heavy atom. The number of hydrogen-bond donors (Lipinski definition) is 2. The van der Waals surface area contributed by atoms with E-state index < -0.39 is 10.0 Å². The molecule has 1 aromatic carbocycles. The summed E-state index contributed by atoms with van der Waals surface area (Å²) in [5.41, 5.74) is 0.376. The van der Waals surface area contributed by atoms with Gasteiger partial charge in [0.1, 0.15) is 0 Å². The van der Waals surface area contributed by atoms with Crippen LogP contribution in [0.1, 0.15) is 49.9 Å². The Hall–Kier alpha value is -1.40. The lowest BCUT2D eigenvalue weighted by molar-refractivity contribution is 0.0934. The minimum absolute atomic E-state index is 0.0528. The summed E-state index contributed by atoms with van der Waals surface area (Å²) in [6, 6.07) is 6.34. The molecule has 0 aromatic heterocycles. The highest BCUT2D eigenvalue weighted by Gasteiger charge is 2.28. The highest BCUT2D eigenvalue weighted by Crippen LogP contribution is 2.22. The quantitative estimate of drug-likeness (QED) is 0.809. The van der Waals surface area contributed by atoms with E-state index in [9.17, 15) is 13.2 Å². The Labute approximate surface area is 126 Å². The summed E-state index contributed by atoms with van der Waals surface area (Å²) in [4.78, 5) is 12.3. The Balaban J connectivity index is 2.15. The molecule has 21 heavy (non-hydrogen) atoms. The van der Waals surface area contributed by atoms with Crippen LogP contribution in [0.5, 0.6) is 0 Å². The van der Waals surface area contributed by atoms with E-state index in [1.54, 1.807) is 12.1 Å². The molecule has 1 amide bonds. The average molecular weight is 310 g/mol. The molecule has 5 nitrogen and oxygen atoms in total. The highest BCUT2D eigenvalue weighted by atomic mass is 32.2. The van der Waals surface area contributed by atoms with Crippen molar-refractivity contribution in [2.75, 3.05) is 0 Å². The third kappa shape index (κ3) is 4.28. The maximum atomic E-state index is 12.2. The Morgan fingerprint density at radius 2 is 1.95 bits per heavy atom. The molecule has 1 saturated carbocycles. The van der Waals surface area contributed by atoms with E-state index in [1.807, 2.05) is 13.8 Å². The molecule has 0 aliphatic heterocycles. The fraction of sp³-hybridized carbons (Fsp3) is 0.533. The van der Waals surface area contributed by atoms with Crippen molar-refractivity contribution in [1.29, 1.82) is 0 Å². The lowest BCUT2D eigenvalue weighted by Gasteiger charge is -2.15. The second-order valence-electron chi connectivity index (χ2n) is 5.41. The second kappa shape index (κ2) is 6.58. The molecule has 2 N–H and O–H groups in total. The van der Waals surface area contributed by atoms with E-state index in [4.69, 9.17) is 0 Å². The van der Waals surface area contributed by atoms with Gasteiger partial charge in [0.15, 0.2) is 0 Å². The SMILES string of the molecule is CCC(CC)NC(=O)c1cccc(S(=O)(=O)NC2CC2)c1. The summed E-state index contributed by atoms with van der Waals surface area (Å²) in [5.74, 6) is -0.229. The lowest BCUT2D eigenvalue weighted by Crippen LogP contribution is -2.34. The monoisotopic (exact) mass is 310 g/mol. The first-order valence-electron chi connectivity index (χ1n) is 7.39. The Bertz CT molecular complexity index is 605. The van der Waals surface area contributed by atoms with Gasteiger partial charge in [-0.3, -0.25) is 4.79 Å². The van der Waals surface area contributed by atoms with Crippen molar-refractivity contribution in [3.63, 3.8) is 0 Å². The molecule has 1 aliphatic rings. The predicted molar refractivity (Wildman–Crippen MR) is 81.6 cm³/mol. The summed E-state index contributed by atoms with van der Waals surface area (Å²) >= 11 is 0. The van der Waals surface area contributed by atoms with Crippen molar-refractivity contribution in [1.82, 2.24) is 10.0 Å². The van der Waals surface area contributed by atoms with Gasteiger partial charge in [0.2, 0.25) is 10.0 Å². The molecule has 0 spiro atoms. The van der Waals surface area contributed by atoms with Gasteiger partial charge in [0.05, 0.1) is 4.90 Å². The molecule has 0 atom stereocenters. The van der Waals surface area contributed by atoms with Gasteiger partial charge in [-0.1, -0.05) is 19.9 Å². The minimum atomic E-state index is -3.52. The van der Waals surface area contributed by atoms with Crippen molar-refractivity contribution in [2.45, 2.75) is 56.5 Å². The molecule has 116 valence electrons. The van der Waals surface area contributed by atoms with E-state index >= 15 is 0 Å². The summed E-state index contributed by atoms with van der Waals surface area (Å²) < 4.78 is 26.9. The zero-order valence-electron chi connectivity index (χ0n) is 12.4. The first-order chi connectivity index (χ1) is 9.96. The van der Waals surface area contributed by atoms with Gasteiger partial charge in [0.25, 0.3) is 5.91 Å². The van der Waals surface area contributed by atoms with Gasteiger partial charge in [-0.25, -0.2) is 13.1 Å². The number of carbonyl (C=O) groups is 1. The number of hydrogen-bond acceptors (Lipinski definition) is 3. The summed E-state index contributed by atoms with van der Waals surface area (Å²) in [6.07, 6.45) is 3.47. The lowest BCUT2D eigenvalue weighted by atomic mass is 10.1. The molecule has 0 radical (unpaired) electrons. The van der Waals surface area contributed by atoms with Gasteiger partial charge in [-0.05, 0) is 43.9 Å². The molecule has 2 rings (SSSR count). The molecule has 0 bridgehead atoms. The van der Waals surface area contributed by atoms with Crippen molar-refractivity contribution in [2.24, 2.45) is 0 Å². The average Bonchev–Trinajstić information content (AvgIpc) is 3.28. The second-order valence-corrected chi connectivity index (χ2v) is 7.12. The Morgan fingerprint density at radius 3 is 2.52 bits per heavy atom. The highest BCUT2D eigenvalue weighted by molar-refractivity contribution is 7.89. The fourth-order valence-corrected chi connectivity index (χ4v) is 3.41. The van der Waals surface area contributed by atoms with Crippen LogP contribution < -0.4 is 10.0 Å². The van der Waals surface area contributed by atoms with Crippen molar-refractivity contribution >= 4 is 15.9 Å².